The fraction of sp³-hybridized carbons (Fsp3) is 0.500. The summed E-state index contributed by atoms with van der Waals surface area (Å²) in [5.74, 6) is -3.91. The van der Waals surface area contributed by atoms with Crippen LogP contribution in [0.25, 0.3) is 0 Å². The van der Waals surface area contributed by atoms with Gasteiger partial charge in [-0.2, -0.15) is 19.0 Å². The lowest BCUT2D eigenvalue weighted by molar-refractivity contribution is -0.138. The smallest absolute Gasteiger partial charge is 0.302 e. The lowest BCUT2D eigenvalue weighted by Gasteiger charge is -2.31. The van der Waals surface area contributed by atoms with E-state index in [1.54, 1.807) is 11.1 Å². The third-order valence-corrected chi connectivity index (χ3v) is 5.23. The van der Waals surface area contributed by atoms with Crippen LogP contribution in [0.2, 0.25) is 0 Å². The maximum Gasteiger partial charge on any atom is 0.302 e. The number of nitriles is 1. The second kappa shape index (κ2) is 13.2. The quantitative estimate of drug-likeness (QED) is 0.556. The van der Waals surface area contributed by atoms with Crippen molar-refractivity contribution in [3.63, 3.8) is 0 Å². The fourth-order valence-corrected chi connectivity index (χ4v) is 3.17. The number of ketones is 1. The van der Waals surface area contributed by atoms with E-state index in [1.807, 2.05) is 30.3 Å². The van der Waals surface area contributed by atoms with Crippen LogP contribution >= 0.6 is 0 Å². The molecule has 200 valence electrons. The molecule has 0 spiro atoms. The van der Waals surface area contributed by atoms with Gasteiger partial charge in [0.25, 0.3) is 5.91 Å². The van der Waals surface area contributed by atoms with Gasteiger partial charge in [0.05, 0.1) is 13.2 Å². The highest BCUT2D eigenvalue weighted by molar-refractivity contribution is 5.95. The molecule has 2 aromatic rings. The van der Waals surface area contributed by atoms with E-state index in [-0.39, 0.29) is 17.1 Å². The van der Waals surface area contributed by atoms with Crippen molar-refractivity contribution in [3.8, 4) is 6.07 Å². The van der Waals surface area contributed by atoms with Gasteiger partial charge in [-0.1, -0.05) is 32.9 Å². The summed E-state index contributed by atoms with van der Waals surface area (Å²) in [6.07, 6.45) is 1.52. The molecule has 0 saturated carbocycles. The second-order valence-corrected chi connectivity index (χ2v) is 9.97. The lowest BCUT2D eigenvalue weighted by Crippen LogP contribution is -2.47. The molecule has 1 fully saturated rings. The molecule has 1 aromatic carbocycles. The van der Waals surface area contributed by atoms with Crippen LogP contribution in [0.3, 0.4) is 0 Å². The van der Waals surface area contributed by atoms with Gasteiger partial charge in [0, 0.05) is 57.9 Å². The first-order chi connectivity index (χ1) is 17.3. The van der Waals surface area contributed by atoms with Gasteiger partial charge in [0.15, 0.2) is 11.6 Å². The van der Waals surface area contributed by atoms with Gasteiger partial charge in [0.1, 0.15) is 6.07 Å². The second-order valence-electron chi connectivity index (χ2n) is 9.97. The van der Waals surface area contributed by atoms with Crippen LogP contribution in [0, 0.1) is 16.7 Å². The van der Waals surface area contributed by atoms with Crippen LogP contribution in [-0.4, -0.2) is 65.3 Å². The number of hydrazine groups is 1. The third kappa shape index (κ3) is 10.6. The van der Waals surface area contributed by atoms with E-state index < -0.39 is 11.7 Å². The minimum Gasteiger partial charge on any atom is -0.379 e. The zero-order valence-electron chi connectivity index (χ0n) is 21.9. The number of ether oxygens (including phenoxy) is 1. The number of alkyl halides is 2. The molecule has 1 aliphatic heterocycles. The Morgan fingerprint density at radius 3 is 2.24 bits per heavy atom. The average Bonchev–Trinajstić information content (AvgIpc) is 2.83. The number of benzene rings is 1. The van der Waals surface area contributed by atoms with Crippen molar-refractivity contribution in [1.82, 2.24) is 20.3 Å². The molecule has 0 bridgehead atoms. The van der Waals surface area contributed by atoms with Gasteiger partial charge in [-0.15, -0.1) is 0 Å². The highest BCUT2D eigenvalue weighted by Gasteiger charge is 2.27. The normalized spacial score (nSPS) is 14.1. The minimum absolute atomic E-state index is 0.0631. The molecular weight excluding hydrogens is 482 g/mol. The Morgan fingerprint density at radius 1 is 1.14 bits per heavy atom. The molecule has 11 heteroatoms. The predicted molar refractivity (Wildman–Crippen MR) is 135 cm³/mol. The van der Waals surface area contributed by atoms with Crippen LogP contribution in [0.5, 0.6) is 0 Å². The van der Waals surface area contributed by atoms with Crippen molar-refractivity contribution < 1.29 is 23.1 Å². The summed E-state index contributed by atoms with van der Waals surface area (Å²) in [4.78, 5) is 33.1. The van der Waals surface area contributed by atoms with Crippen molar-refractivity contribution in [2.45, 2.75) is 47.1 Å². The Bertz CT molecular complexity index is 1090. The number of amides is 1. The van der Waals surface area contributed by atoms with Crippen molar-refractivity contribution >= 4 is 17.5 Å². The van der Waals surface area contributed by atoms with Gasteiger partial charge in [-0.25, -0.2) is 4.98 Å². The number of hydrogen-bond donors (Lipinski definition) is 1. The number of nitrogens with one attached hydrogen (secondary N) is 1. The van der Waals surface area contributed by atoms with Gasteiger partial charge in [-0.3, -0.25) is 24.9 Å². The molecule has 1 aromatic heterocycles. The molecular formula is C26H34F2N6O3. The summed E-state index contributed by atoms with van der Waals surface area (Å²) in [5, 5.41) is 10.8. The Balaban J connectivity index is 0.000000604. The number of aromatic nitrogens is 2. The molecule has 2 heterocycles. The number of morpholine rings is 1. The summed E-state index contributed by atoms with van der Waals surface area (Å²) >= 11 is 0. The van der Waals surface area contributed by atoms with Crippen LogP contribution in [0.4, 0.5) is 14.6 Å². The van der Waals surface area contributed by atoms with E-state index in [0.29, 0.717) is 24.8 Å². The molecule has 1 N–H and O–H groups in total. The van der Waals surface area contributed by atoms with Crippen molar-refractivity contribution in [2.75, 3.05) is 37.9 Å². The van der Waals surface area contributed by atoms with Gasteiger partial charge >= 0.3 is 5.92 Å². The molecule has 1 amide bonds. The van der Waals surface area contributed by atoms with Crippen LogP contribution in [0.1, 0.15) is 56.4 Å². The zero-order valence-corrected chi connectivity index (χ0v) is 21.9. The number of hydrogen-bond acceptors (Lipinski definition) is 8. The first-order valence-corrected chi connectivity index (χ1v) is 11.9. The van der Waals surface area contributed by atoms with Crippen LogP contribution in [-0.2, 0) is 16.1 Å². The van der Waals surface area contributed by atoms with Crippen molar-refractivity contribution in [1.29, 1.82) is 5.26 Å². The van der Waals surface area contributed by atoms with E-state index in [9.17, 15) is 18.4 Å². The number of halogens is 2. The fourth-order valence-electron chi connectivity index (χ4n) is 3.17. The topological polar surface area (TPSA) is 111 Å². The molecule has 3 rings (SSSR count). The molecule has 37 heavy (non-hydrogen) atoms. The maximum absolute atomic E-state index is 12.9. The number of rotatable bonds is 7. The summed E-state index contributed by atoms with van der Waals surface area (Å²) in [6, 6.07) is 11.3. The largest absolute Gasteiger partial charge is 0.379 e. The number of Topliss-reactive ketones (excluding diaryl/α,β-unsaturated/α-hetero) is 1. The molecule has 0 radical (unpaired) electrons. The molecule has 0 atom stereocenters. The van der Waals surface area contributed by atoms with Gasteiger partial charge < -0.3 is 4.74 Å². The Hall–Kier alpha value is -3.49. The van der Waals surface area contributed by atoms with E-state index in [0.717, 1.165) is 45.3 Å². The number of carbonyl (C=O) groups is 2. The zero-order chi connectivity index (χ0) is 27.6. The van der Waals surface area contributed by atoms with Crippen LogP contribution < -0.4 is 10.4 Å². The summed E-state index contributed by atoms with van der Waals surface area (Å²) in [5.41, 5.74) is 4.55. The number of nitrogens with zero attached hydrogens (tertiary/aromatic N) is 5. The molecule has 1 aliphatic rings. The number of anilines is 1. The van der Waals surface area contributed by atoms with Crippen molar-refractivity contribution in [2.24, 2.45) is 5.41 Å². The highest BCUT2D eigenvalue weighted by atomic mass is 19.3. The highest BCUT2D eigenvalue weighted by Crippen LogP contribution is 2.19. The standard InChI is InChI=1S/C22H28N6O2.C4H6F2O/c1-22(2,3)16-28(20-8-9-24-19(14-23)25-20)26-21(29)18-6-4-17(5-7-18)15-27-10-12-30-13-11-27;1-3(7)4(2,5)6/h4-9H,10-13,15-16H2,1-3H3,(H,26,29);1-2H3. The first-order valence-electron chi connectivity index (χ1n) is 11.9. The van der Waals surface area contributed by atoms with Crippen LogP contribution in [0.15, 0.2) is 36.5 Å². The first kappa shape index (κ1) is 29.7. The molecule has 0 unspecified atom stereocenters. The summed E-state index contributed by atoms with van der Waals surface area (Å²) < 4.78 is 28.4. The van der Waals surface area contributed by atoms with E-state index >= 15 is 0 Å². The monoisotopic (exact) mass is 516 g/mol. The molecule has 9 nitrogen and oxygen atoms in total. The number of carbonyl (C=O) groups excluding carboxylic acids is 2. The molecule has 0 aliphatic carbocycles. The van der Waals surface area contributed by atoms with Crippen molar-refractivity contribution in [3.05, 3.63) is 53.5 Å². The minimum atomic E-state index is -3.14. The maximum atomic E-state index is 12.9. The van der Waals surface area contributed by atoms with E-state index in [2.05, 4.69) is 41.1 Å². The predicted octanol–water partition coefficient (Wildman–Crippen LogP) is 3.61. The van der Waals surface area contributed by atoms with E-state index in [4.69, 9.17) is 10.00 Å². The average molecular weight is 517 g/mol. The van der Waals surface area contributed by atoms with E-state index in [1.165, 1.54) is 6.20 Å². The Labute approximate surface area is 216 Å². The molecule has 1 saturated heterocycles. The third-order valence-electron chi connectivity index (χ3n) is 5.23. The Kier molecular flexibility index (Phi) is 10.6. The van der Waals surface area contributed by atoms with Gasteiger partial charge in [0.2, 0.25) is 5.82 Å². The Morgan fingerprint density at radius 2 is 1.73 bits per heavy atom. The summed E-state index contributed by atoms with van der Waals surface area (Å²) in [6.45, 7) is 12.4. The van der Waals surface area contributed by atoms with Gasteiger partial charge in [-0.05, 0) is 23.1 Å². The SMILES string of the molecule is CC(=O)C(C)(F)F.CC(C)(C)CN(NC(=O)c1ccc(CN2CCOCC2)cc1)c1ccnc(C#N)n1. The summed E-state index contributed by atoms with van der Waals surface area (Å²) in [7, 11) is 0. The lowest BCUT2D eigenvalue weighted by atomic mass is 9.97.